The van der Waals surface area contributed by atoms with Gasteiger partial charge in [-0.2, -0.15) is 0 Å². The molecule has 4 rings (SSSR count). The Hall–Kier alpha value is -2.04. The van der Waals surface area contributed by atoms with E-state index in [9.17, 15) is 9.59 Å². The Balaban J connectivity index is 1.31. The summed E-state index contributed by atoms with van der Waals surface area (Å²) >= 11 is 0. The van der Waals surface area contributed by atoms with Gasteiger partial charge in [0.15, 0.2) is 0 Å². The predicted molar refractivity (Wildman–Crippen MR) is 104 cm³/mol. The lowest BCUT2D eigenvalue weighted by atomic mass is 9.67. The van der Waals surface area contributed by atoms with E-state index in [0.29, 0.717) is 31.4 Å². The lowest BCUT2D eigenvalue weighted by Crippen LogP contribution is -2.59. The lowest BCUT2D eigenvalue weighted by Gasteiger charge is -2.47. The van der Waals surface area contributed by atoms with Gasteiger partial charge in [0.1, 0.15) is 6.61 Å². The average molecular weight is 370 g/mol. The summed E-state index contributed by atoms with van der Waals surface area (Å²) in [6.45, 7) is 7.12. The van der Waals surface area contributed by atoms with Crippen molar-refractivity contribution < 1.29 is 14.3 Å². The van der Waals surface area contributed by atoms with Gasteiger partial charge in [0.25, 0.3) is 0 Å². The van der Waals surface area contributed by atoms with Crippen molar-refractivity contribution in [2.75, 3.05) is 13.7 Å². The number of rotatable bonds is 3. The minimum Gasteiger partial charge on any atom is -0.447 e. The molecule has 3 fully saturated rings. The largest absolute Gasteiger partial charge is 0.447 e. The highest BCUT2D eigenvalue weighted by Crippen LogP contribution is 2.44. The van der Waals surface area contributed by atoms with Gasteiger partial charge in [-0.15, -0.1) is 0 Å². The maximum absolute atomic E-state index is 12.8. The van der Waals surface area contributed by atoms with E-state index in [1.54, 1.807) is 0 Å². The van der Waals surface area contributed by atoms with Crippen LogP contribution in [-0.2, 0) is 14.9 Å². The van der Waals surface area contributed by atoms with Crippen LogP contribution < -0.4 is 5.32 Å². The van der Waals surface area contributed by atoms with Gasteiger partial charge in [-0.25, -0.2) is 4.79 Å². The van der Waals surface area contributed by atoms with Crippen LogP contribution in [0.4, 0.5) is 4.79 Å². The molecular weight excluding hydrogens is 340 g/mol. The topological polar surface area (TPSA) is 58.6 Å². The number of cyclic esters (lactones) is 1. The summed E-state index contributed by atoms with van der Waals surface area (Å²) in [5.41, 5.74) is 2.64. The molecule has 2 amide bonds. The summed E-state index contributed by atoms with van der Waals surface area (Å²) in [4.78, 5) is 26.0. The van der Waals surface area contributed by atoms with Gasteiger partial charge in [0.2, 0.25) is 5.91 Å². The van der Waals surface area contributed by atoms with Crippen LogP contribution in [0.15, 0.2) is 24.3 Å². The third-order valence-electron chi connectivity index (χ3n) is 6.70. The number of alkyl carbamates (subject to hydrolysis) is 1. The molecule has 3 aliphatic rings. The van der Waals surface area contributed by atoms with Gasteiger partial charge in [-0.3, -0.25) is 4.79 Å². The van der Waals surface area contributed by atoms with Crippen LogP contribution in [0.25, 0.3) is 0 Å². The summed E-state index contributed by atoms with van der Waals surface area (Å²) in [6, 6.07) is 9.24. The highest BCUT2D eigenvalue weighted by molar-refractivity contribution is 5.81. The van der Waals surface area contributed by atoms with Crippen molar-refractivity contribution in [2.45, 2.75) is 69.4 Å². The Bertz CT molecular complexity index is 755. The SMILES string of the molecule is CN(C(=O)C1CC2(COC(=O)N2)C1)C1CC(c2cccc(C(C)(C)C)c2)C1. The molecule has 1 aliphatic heterocycles. The average Bonchev–Trinajstić information content (AvgIpc) is 2.93. The predicted octanol–water partition coefficient (Wildman–Crippen LogP) is 3.58. The van der Waals surface area contributed by atoms with Crippen molar-refractivity contribution >= 4 is 12.0 Å². The zero-order chi connectivity index (χ0) is 19.4. The van der Waals surface area contributed by atoms with Crippen LogP contribution in [0.1, 0.15) is 63.5 Å². The van der Waals surface area contributed by atoms with Gasteiger partial charge < -0.3 is 15.0 Å². The molecule has 0 atom stereocenters. The van der Waals surface area contributed by atoms with Crippen LogP contribution in [0.3, 0.4) is 0 Å². The molecule has 1 aromatic rings. The molecule has 1 saturated heterocycles. The fraction of sp³-hybridized carbons (Fsp3) is 0.636. The first-order chi connectivity index (χ1) is 12.7. The standard InChI is InChI=1S/C22H30N2O3/c1-21(2,3)17-7-5-6-14(8-17)15-9-18(10-15)24(4)19(25)16-11-22(12-16)13-27-20(26)23-22/h5-8,15-16,18H,9-13H2,1-4H3,(H,23,26). The van der Waals surface area contributed by atoms with Crippen molar-refractivity contribution in [3.8, 4) is 0 Å². The van der Waals surface area contributed by atoms with Gasteiger partial charge >= 0.3 is 6.09 Å². The molecule has 2 aliphatic carbocycles. The number of nitrogens with one attached hydrogen (secondary N) is 1. The molecule has 0 aromatic heterocycles. The van der Waals surface area contributed by atoms with Crippen LogP contribution in [0.5, 0.6) is 0 Å². The summed E-state index contributed by atoms with van der Waals surface area (Å²) in [7, 11) is 1.93. The number of nitrogens with zero attached hydrogens (tertiary/aromatic N) is 1. The first-order valence-electron chi connectivity index (χ1n) is 9.99. The Kier molecular flexibility index (Phi) is 4.24. The first-order valence-corrected chi connectivity index (χ1v) is 9.99. The molecule has 27 heavy (non-hydrogen) atoms. The van der Waals surface area contributed by atoms with Gasteiger partial charge in [-0.1, -0.05) is 45.0 Å². The van der Waals surface area contributed by atoms with Crippen molar-refractivity contribution in [1.82, 2.24) is 10.2 Å². The zero-order valence-corrected chi connectivity index (χ0v) is 16.7. The van der Waals surface area contributed by atoms with Crippen molar-refractivity contribution in [3.63, 3.8) is 0 Å². The second kappa shape index (κ2) is 6.25. The Morgan fingerprint density at radius 2 is 1.96 bits per heavy atom. The van der Waals surface area contributed by atoms with E-state index >= 15 is 0 Å². The molecule has 1 N–H and O–H groups in total. The molecule has 0 radical (unpaired) electrons. The van der Waals surface area contributed by atoms with E-state index in [1.165, 1.54) is 11.1 Å². The van der Waals surface area contributed by atoms with Crippen LogP contribution >= 0.6 is 0 Å². The second-order valence-electron chi connectivity index (χ2n) is 9.73. The molecule has 1 spiro atoms. The zero-order valence-electron chi connectivity index (χ0n) is 16.7. The third kappa shape index (κ3) is 3.32. The van der Waals surface area contributed by atoms with E-state index in [-0.39, 0.29) is 28.9 Å². The molecule has 1 heterocycles. The minimum atomic E-state index is -0.353. The van der Waals surface area contributed by atoms with Crippen LogP contribution in [-0.4, -0.2) is 42.1 Å². The van der Waals surface area contributed by atoms with E-state index in [2.05, 4.69) is 50.4 Å². The van der Waals surface area contributed by atoms with Gasteiger partial charge in [0, 0.05) is 19.0 Å². The Morgan fingerprint density at radius 1 is 1.26 bits per heavy atom. The molecule has 5 nitrogen and oxygen atoms in total. The smallest absolute Gasteiger partial charge is 0.407 e. The van der Waals surface area contributed by atoms with Crippen molar-refractivity contribution in [2.24, 2.45) is 5.92 Å². The second-order valence-corrected chi connectivity index (χ2v) is 9.73. The molecule has 0 bridgehead atoms. The van der Waals surface area contributed by atoms with Gasteiger partial charge in [-0.05, 0) is 48.1 Å². The van der Waals surface area contributed by atoms with E-state index in [0.717, 1.165) is 12.8 Å². The normalized spacial score (nSPS) is 32.3. The highest BCUT2D eigenvalue weighted by Gasteiger charge is 2.53. The lowest BCUT2D eigenvalue weighted by molar-refractivity contribution is -0.143. The molecule has 1 aromatic carbocycles. The quantitative estimate of drug-likeness (QED) is 0.885. The fourth-order valence-electron chi connectivity index (χ4n) is 4.67. The fourth-order valence-corrected chi connectivity index (χ4v) is 4.67. The van der Waals surface area contributed by atoms with Crippen LogP contribution in [0, 0.1) is 5.92 Å². The molecule has 146 valence electrons. The maximum atomic E-state index is 12.8. The van der Waals surface area contributed by atoms with E-state index in [1.807, 2.05) is 11.9 Å². The summed E-state index contributed by atoms with van der Waals surface area (Å²) in [5, 5.41) is 2.86. The van der Waals surface area contributed by atoms with Crippen molar-refractivity contribution in [3.05, 3.63) is 35.4 Å². The number of carbonyl (C=O) groups is 2. The maximum Gasteiger partial charge on any atom is 0.407 e. The van der Waals surface area contributed by atoms with E-state index in [4.69, 9.17) is 4.74 Å². The molecular formula is C22H30N2O3. The summed E-state index contributed by atoms with van der Waals surface area (Å²) in [5.74, 6) is 0.775. The summed E-state index contributed by atoms with van der Waals surface area (Å²) in [6.07, 6.45) is 3.12. The minimum absolute atomic E-state index is 0.0141. The van der Waals surface area contributed by atoms with E-state index < -0.39 is 0 Å². The van der Waals surface area contributed by atoms with Crippen molar-refractivity contribution in [1.29, 1.82) is 0 Å². The number of hydrogen-bond donors (Lipinski definition) is 1. The number of ether oxygens (including phenoxy) is 1. The summed E-state index contributed by atoms with van der Waals surface area (Å²) < 4.78 is 5.00. The number of hydrogen-bond acceptors (Lipinski definition) is 3. The first kappa shape index (κ1) is 18.3. The third-order valence-corrected chi connectivity index (χ3v) is 6.70. The Labute approximate surface area is 161 Å². The molecule has 2 saturated carbocycles. The highest BCUT2D eigenvalue weighted by atomic mass is 16.6. The monoisotopic (exact) mass is 370 g/mol. The van der Waals surface area contributed by atoms with Crippen LogP contribution in [0.2, 0.25) is 0 Å². The number of benzene rings is 1. The van der Waals surface area contributed by atoms with Gasteiger partial charge in [0.05, 0.1) is 5.54 Å². The number of amides is 2. The molecule has 5 heteroatoms. The Morgan fingerprint density at radius 3 is 2.56 bits per heavy atom. The number of carbonyl (C=O) groups excluding carboxylic acids is 2. The molecule has 0 unspecified atom stereocenters.